The first kappa shape index (κ1) is 31.9. The number of nitrogens with zero attached hydrogens (tertiary/aromatic N) is 2. The van der Waals surface area contributed by atoms with Crippen LogP contribution in [0.4, 0.5) is 22.0 Å². The number of benzene rings is 4. The summed E-state index contributed by atoms with van der Waals surface area (Å²) in [5.74, 6) is -4.17. The zero-order valence-corrected chi connectivity index (χ0v) is 26.2. The van der Waals surface area contributed by atoms with Crippen molar-refractivity contribution >= 4 is 33.6 Å². The van der Waals surface area contributed by atoms with Gasteiger partial charge >= 0.3 is 0 Å². The summed E-state index contributed by atoms with van der Waals surface area (Å²) in [6.07, 6.45) is 1.41. The quantitative estimate of drug-likeness (QED) is 0.190. The fraction of sp³-hybridized carbons (Fsp3) is 0.189. The maximum atomic E-state index is 14.7. The van der Waals surface area contributed by atoms with Gasteiger partial charge in [0.2, 0.25) is 0 Å². The van der Waals surface area contributed by atoms with E-state index in [0.29, 0.717) is 82.7 Å². The summed E-state index contributed by atoms with van der Waals surface area (Å²) in [4.78, 5) is 24.4. The SMILES string of the molecule is COc1ccc(-c2c(F)c(F)cc3cc4n(c23)CCCNC4=O)cc1.O=C1NCCCn2c1cc1cc(F)c(F)c(-c3ccc(F)cc3)c12. The molecule has 7 nitrogen and oxygen atoms in total. The third-order valence-corrected chi connectivity index (χ3v) is 8.81. The summed E-state index contributed by atoms with van der Waals surface area (Å²) < 4.78 is 79.3. The highest BCUT2D eigenvalue weighted by Crippen LogP contribution is 2.38. The first-order valence-electron chi connectivity index (χ1n) is 15.7. The van der Waals surface area contributed by atoms with Crippen LogP contribution in [0.2, 0.25) is 0 Å². The second kappa shape index (κ2) is 12.8. The van der Waals surface area contributed by atoms with Crippen LogP contribution in [0.3, 0.4) is 0 Å². The van der Waals surface area contributed by atoms with Crippen molar-refractivity contribution in [3.63, 3.8) is 0 Å². The summed E-state index contributed by atoms with van der Waals surface area (Å²) in [6, 6.07) is 17.4. The second-order valence-corrected chi connectivity index (χ2v) is 11.8. The summed E-state index contributed by atoms with van der Waals surface area (Å²) in [7, 11) is 1.54. The highest BCUT2D eigenvalue weighted by atomic mass is 19.2. The van der Waals surface area contributed by atoms with E-state index in [1.54, 1.807) is 52.6 Å². The van der Waals surface area contributed by atoms with Crippen molar-refractivity contribution in [3.05, 3.63) is 113 Å². The van der Waals surface area contributed by atoms with Crippen LogP contribution >= 0.6 is 0 Å². The molecule has 4 heterocycles. The number of rotatable bonds is 3. The van der Waals surface area contributed by atoms with Crippen LogP contribution < -0.4 is 15.4 Å². The van der Waals surface area contributed by atoms with Gasteiger partial charge < -0.3 is 24.5 Å². The number of ether oxygens (including phenoxy) is 1. The Balaban J connectivity index is 0.000000154. The number of amides is 2. The molecule has 2 aromatic heterocycles. The predicted octanol–water partition coefficient (Wildman–Crippen LogP) is 7.59. The molecule has 0 saturated carbocycles. The van der Waals surface area contributed by atoms with Crippen molar-refractivity contribution in [1.82, 2.24) is 19.8 Å². The van der Waals surface area contributed by atoms with E-state index >= 15 is 0 Å². The Morgan fingerprint density at radius 1 is 0.612 bits per heavy atom. The molecular formula is C37H29F5N4O3. The monoisotopic (exact) mass is 672 g/mol. The molecule has 4 aromatic carbocycles. The summed E-state index contributed by atoms with van der Waals surface area (Å²) in [5, 5.41) is 6.52. The van der Waals surface area contributed by atoms with Gasteiger partial charge in [-0.1, -0.05) is 24.3 Å². The maximum Gasteiger partial charge on any atom is 0.267 e. The predicted molar refractivity (Wildman–Crippen MR) is 175 cm³/mol. The number of carbonyl (C=O) groups excluding carboxylic acids is 2. The van der Waals surface area contributed by atoms with Crippen LogP contribution in [0.5, 0.6) is 5.75 Å². The molecule has 0 aliphatic carbocycles. The van der Waals surface area contributed by atoms with Gasteiger partial charge in [0.1, 0.15) is 23.0 Å². The van der Waals surface area contributed by atoms with Crippen molar-refractivity contribution in [2.24, 2.45) is 0 Å². The number of hydrogen-bond acceptors (Lipinski definition) is 3. The minimum absolute atomic E-state index is 0.0472. The molecule has 0 bridgehead atoms. The molecule has 0 saturated heterocycles. The van der Waals surface area contributed by atoms with Crippen molar-refractivity contribution in [2.75, 3.05) is 20.2 Å². The summed E-state index contributed by atoms with van der Waals surface area (Å²) in [5.41, 5.74) is 2.90. The standard InChI is InChI=1S/C19H16F2N2O2.C18H13F3N2O/c1-25-13-5-3-11(4-6-13)16-17(21)14(20)9-12-10-15-19(24)22-7-2-8-23(15)18(12)16;19-12-4-2-10(3-5-12)15-16(21)13(20)8-11-9-14-18(24)22-6-1-7-23(14)17(11)15/h3-6,9-10H,2,7-8H2,1H3,(H,22,24);2-5,8-9H,1,6-7H2,(H,22,24). The zero-order valence-electron chi connectivity index (χ0n) is 26.2. The lowest BCUT2D eigenvalue weighted by atomic mass is 10.0. The third-order valence-electron chi connectivity index (χ3n) is 8.81. The van der Waals surface area contributed by atoms with Crippen LogP contribution in [-0.2, 0) is 13.1 Å². The minimum Gasteiger partial charge on any atom is -0.497 e. The van der Waals surface area contributed by atoms with Gasteiger partial charge in [-0.15, -0.1) is 0 Å². The molecule has 8 rings (SSSR count). The van der Waals surface area contributed by atoms with Gasteiger partial charge in [0, 0.05) is 48.1 Å². The number of halogens is 5. The molecule has 6 aromatic rings. The number of nitrogens with one attached hydrogen (secondary N) is 2. The van der Waals surface area contributed by atoms with Gasteiger partial charge in [-0.05, 0) is 72.5 Å². The molecule has 49 heavy (non-hydrogen) atoms. The van der Waals surface area contributed by atoms with Crippen LogP contribution in [-0.4, -0.2) is 41.1 Å². The molecule has 0 atom stereocenters. The minimum atomic E-state index is -1.00. The molecule has 0 fully saturated rings. The van der Waals surface area contributed by atoms with Gasteiger partial charge in [-0.3, -0.25) is 9.59 Å². The molecule has 0 spiro atoms. The van der Waals surface area contributed by atoms with E-state index in [1.807, 2.05) is 0 Å². The molecule has 250 valence electrons. The molecule has 2 aliphatic heterocycles. The van der Waals surface area contributed by atoms with Gasteiger partial charge in [0.25, 0.3) is 11.8 Å². The van der Waals surface area contributed by atoms with E-state index in [0.717, 1.165) is 18.6 Å². The molecule has 0 unspecified atom stereocenters. The number of carbonyl (C=O) groups is 2. The number of aromatic nitrogens is 2. The van der Waals surface area contributed by atoms with E-state index in [4.69, 9.17) is 4.74 Å². The van der Waals surface area contributed by atoms with Crippen LogP contribution in [0.15, 0.2) is 72.8 Å². The van der Waals surface area contributed by atoms with E-state index in [2.05, 4.69) is 10.6 Å². The zero-order chi connectivity index (χ0) is 34.4. The summed E-state index contributed by atoms with van der Waals surface area (Å²) in [6.45, 7) is 2.16. The largest absolute Gasteiger partial charge is 0.497 e. The number of hydrogen-bond donors (Lipinski definition) is 2. The number of fused-ring (bicyclic) bond motifs is 6. The van der Waals surface area contributed by atoms with Gasteiger partial charge in [-0.2, -0.15) is 0 Å². The Morgan fingerprint density at radius 2 is 1.04 bits per heavy atom. The first-order chi connectivity index (χ1) is 23.7. The Labute approximate surface area is 276 Å². The Hall–Kier alpha value is -5.65. The molecule has 2 amide bonds. The molecular weight excluding hydrogens is 643 g/mol. The van der Waals surface area contributed by atoms with Crippen LogP contribution in [0.1, 0.15) is 33.8 Å². The van der Waals surface area contributed by atoms with Crippen LogP contribution in [0, 0.1) is 29.1 Å². The Bertz CT molecular complexity index is 2260. The summed E-state index contributed by atoms with van der Waals surface area (Å²) >= 11 is 0. The highest BCUT2D eigenvalue weighted by molar-refractivity contribution is 6.04. The van der Waals surface area contributed by atoms with Crippen molar-refractivity contribution in [3.8, 4) is 28.0 Å². The second-order valence-electron chi connectivity index (χ2n) is 11.8. The third kappa shape index (κ3) is 5.66. The van der Waals surface area contributed by atoms with E-state index in [1.165, 1.54) is 24.3 Å². The van der Waals surface area contributed by atoms with E-state index in [-0.39, 0.29) is 22.9 Å². The van der Waals surface area contributed by atoms with Crippen molar-refractivity contribution < 1.29 is 36.3 Å². The average molecular weight is 673 g/mol. The van der Waals surface area contributed by atoms with Crippen molar-refractivity contribution in [2.45, 2.75) is 25.9 Å². The highest BCUT2D eigenvalue weighted by Gasteiger charge is 2.26. The molecule has 2 aliphatic rings. The fourth-order valence-electron chi connectivity index (χ4n) is 6.57. The lowest BCUT2D eigenvalue weighted by molar-refractivity contribution is 0.0943. The van der Waals surface area contributed by atoms with Gasteiger partial charge in [0.15, 0.2) is 23.3 Å². The Kier molecular flexibility index (Phi) is 8.31. The van der Waals surface area contributed by atoms with E-state index < -0.39 is 29.1 Å². The normalized spacial score (nSPS) is 14.2. The topological polar surface area (TPSA) is 77.3 Å². The molecule has 2 N–H and O–H groups in total. The smallest absolute Gasteiger partial charge is 0.267 e. The van der Waals surface area contributed by atoms with Gasteiger partial charge in [0.05, 0.1) is 18.1 Å². The lowest BCUT2D eigenvalue weighted by Gasteiger charge is -2.12. The van der Waals surface area contributed by atoms with Crippen LogP contribution in [0.25, 0.3) is 44.1 Å². The fourth-order valence-corrected chi connectivity index (χ4v) is 6.57. The molecule has 0 radical (unpaired) electrons. The van der Waals surface area contributed by atoms with Crippen molar-refractivity contribution in [1.29, 1.82) is 0 Å². The number of methoxy groups -OCH3 is 1. The Morgan fingerprint density at radius 3 is 1.47 bits per heavy atom. The lowest BCUT2D eigenvalue weighted by Crippen LogP contribution is -2.22. The maximum absolute atomic E-state index is 14.7. The average Bonchev–Trinajstić information content (AvgIpc) is 3.50. The first-order valence-corrected chi connectivity index (χ1v) is 15.7. The van der Waals surface area contributed by atoms with E-state index in [9.17, 15) is 31.5 Å². The number of aryl methyl sites for hydroxylation is 2. The molecule has 12 heteroatoms. The van der Waals surface area contributed by atoms with Gasteiger partial charge in [-0.25, -0.2) is 22.0 Å².